The van der Waals surface area contributed by atoms with E-state index in [-0.39, 0.29) is 5.25 Å². The minimum absolute atomic E-state index is 0.161. The fourth-order valence-corrected chi connectivity index (χ4v) is 2.54. The standard InChI is InChI=1S/C11H17N5OS/c1-5-16-9(4)13-14-10(16)6-18-7(2)11-12-8(3)15-17-11/h7H,5-6H2,1-4H3/t7-/m1/s1. The van der Waals surface area contributed by atoms with E-state index < -0.39 is 0 Å². The maximum Gasteiger partial charge on any atom is 0.239 e. The van der Waals surface area contributed by atoms with Crippen LogP contribution in [0.15, 0.2) is 4.52 Å². The molecule has 7 heteroatoms. The quantitative estimate of drug-likeness (QED) is 0.827. The number of aromatic nitrogens is 5. The summed E-state index contributed by atoms with van der Waals surface area (Å²) >= 11 is 1.72. The van der Waals surface area contributed by atoms with Crippen LogP contribution >= 0.6 is 11.8 Å². The van der Waals surface area contributed by atoms with Crippen molar-refractivity contribution in [3.63, 3.8) is 0 Å². The van der Waals surface area contributed by atoms with Crippen LogP contribution < -0.4 is 0 Å². The molecule has 0 fully saturated rings. The summed E-state index contributed by atoms with van der Waals surface area (Å²) in [6, 6.07) is 0. The highest BCUT2D eigenvalue weighted by atomic mass is 32.2. The van der Waals surface area contributed by atoms with Crippen molar-refractivity contribution in [1.82, 2.24) is 24.9 Å². The van der Waals surface area contributed by atoms with Gasteiger partial charge in [0.05, 0.1) is 11.0 Å². The van der Waals surface area contributed by atoms with Gasteiger partial charge >= 0.3 is 0 Å². The van der Waals surface area contributed by atoms with Crippen LogP contribution in [-0.2, 0) is 12.3 Å². The van der Waals surface area contributed by atoms with Crippen molar-refractivity contribution in [2.45, 2.75) is 45.2 Å². The average molecular weight is 267 g/mol. The fourth-order valence-electron chi connectivity index (χ4n) is 1.69. The van der Waals surface area contributed by atoms with Gasteiger partial charge in [-0.1, -0.05) is 5.16 Å². The molecule has 98 valence electrons. The SMILES string of the molecule is CCn1c(C)nnc1CS[C@H](C)c1nc(C)no1. The second-order valence-corrected chi connectivity index (χ2v) is 5.37. The van der Waals surface area contributed by atoms with E-state index in [2.05, 4.69) is 38.8 Å². The third-order valence-electron chi connectivity index (χ3n) is 2.68. The van der Waals surface area contributed by atoms with Crippen molar-refractivity contribution >= 4 is 11.8 Å². The molecule has 0 saturated carbocycles. The summed E-state index contributed by atoms with van der Waals surface area (Å²) in [6.07, 6.45) is 0. The first-order valence-corrected chi connectivity index (χ1v) is 6.97. The zero-order valence-corrected chi connectivity index (χ0v) is 11.9. The normalized spacial score (nSPS) is 12.9. The minimum atomic E-state index is 0.161. The van der Waals surface area contributed by atoms with E-state index in [0.717, 1.165) is 23.9 Å². The molecule has 18 heavy (non-hydrogen) atoms. The van der Waals surface area contributed by atoms with Gasteiger partial charge in [-0.2, -0.15) is 4.98 Å². The monoisotopic (exact) mass is 267 g/mol. The number of hydrogen-bond donors (Lipinski definition) is 0. The van der Waals surface area contributed by atoms with Gasteiger partial charge in [-0.25, -0.2) is 0 Å². The molecule has 0 aromatic carbocycles. The molecule has 6 nitrogen and oxygen atoms in total. The molecule has 0 bridgehead atoms. The summed E-state index contributed by atoms with van der Waals surface area (Å²) in [5.41, 5.74) is 0. The van der Waals surface area contributed by atoms with Crippen LogP contribution in [0.1, 0.15) is 42.5 Å². The van der Waals surface area contributed by atoms with E-state index >= 15 is 0 Å². The maximum absolute atomic E-state index is 5.15. The molecule has 0 saturated heterocycles. The van der Waals surface area contributed by atoms with Gasteiger partial charge in [-0.3, -0.25) is 0 Å². The Balaban J connectivity index is 1.99. The van der Waals surface area contributed by atoms with Crippen molar-refractivity contribution < 1.29 is 4.52 Å². The zero-order chi connectivity index (χ0) is 13.1. The molecule has 0 spiro atoms. The molecule has 1 atom stereocenters. The van der Waals surface area contributed by atoms with E-state index in [4.69, 9.17) is 4.52 Å². The van der Waals surface area contributed by atoms with Crippen LogP contribution in [0.25, 0.3) is 0 Å². The summed E-state index contributed by atoms with van der Waals surface area (Å²) in [7, 11) is 0. The van der Waals surface area contributed by atoms with Gasteiger partial charge < -0.3 is 9.09 Å². The summed E-state index contributed by atoms with van der Waals surface area (Å²) < 4.78 is 7.26. The van der Waals surface area contributed by atoms with Gasteiger partial charge in [-0.15, -0.1) is 22.0 Å². The molecule has 0 aliphatic carbocycles. The molecule has 0 aliphatic rings. The van der Waals surface area contributed by atoms with Crippen LogP contribution in [-0.4, -0.2) is 24.9 Å². The lowest BCUT2D eigenvalue weighted by atomic mass is 10.5. The molecule has 0 aliphatic heterocycles. The van der Waals surface area contributed by atoms with Crippen LogP contribution in [0.5, 0.6) is 0 Å². The van der Waals surface area contributed by atoms with E-state index in [0.29, 0.717) is 11.7 Å². The Morgan fingerprint density at radius 1 is 1.33 bits per heavy atom. The average Bonchev–Trinajstić information content (AvgIpc) is 2.92. The predicted octanol–water partition coefficient (Wildman–Crippen LogP) is 2.29. The molecule has 0 N–H and O–H groups in total. The number of aryl methyl sites for hydroxylation is 2. The predicted molar refractivity (Wildman–Crippen MR) is 69.2 cm³/mol. The van der Waals surface area contributed by atoms with E-state index in [1.165, 1.54) is 0 Å². The molecule has 2 aromatic heterocycles. The molecule has 2 heterocycles. The largest absolute Gasteiger partial charge is 0.338 e. The van der Waals surface area contributed by atoms with E-state index in [1.807, 2.05) is 13.8 Å². The van der Waals surface area contributed by atoms with E-state index in [1.54, 1.807) is 11.8 Å². The molecular formula is C11H17N5OS. The summed E-state index contributed by atoms with van der Waals surface area (Å²) in [5.74, 6) is 4.07. The van der Waals surface area contributed by atoms with Gasteiger partial charge in [0, 0.05) is 6.54 Å². The Labute approximate surface area is 110 Å². The van der Waals surface area contributed by atoms with Crippen molar-refractivity contribution in [2.75, 3.05) is 0 Å². The highest BCUT2D eigenvalue weighted by molar-refractivity contribution is 7.98. The summed E-state index contributed by atoms with van der Waals surface area (Å²) in [4.78, 5) is 4.23. The Bertz CT molecular complexity index is 521. The van der Waals surface area contributed by atoms with Crippen LogP contribution in [0.4, 0.5) is 0 Å². The van der Waals surface area contributed by atoms with Gasteiger partial charge in [0.25, 0.3) is 0 Å². The van der Waals surface area contributed by atoms with E-state index in [9.17, 15) is 0 Å². The van der Waals surface area contributed by atoms with Gasteiger partial charge in [-0.05, 0) is 27.7 Å². The summed E-state index contributed by atoms with van der Waals surface area (Å²) in [6.45, 7) is 8.83. The number of rotatable bonds is 5. The van der Waals surface area contributed by atoms with Gasteiger partial charge in [0.1, 0.15) is 11.6 Å². The molecule has 0 amide bonds. The van der Waals surface area contributed by atoms with Gasteiger partial charge in [0.15, 0.2) is 5.82 Å². The minimum Gasteiger partial charge on any atom is -0.338 e. The van der Waals surface area contributed by atoms with Gasteiger partial charge in [0.2, 0.25) is 5.89 Å². The number of nitrogens with zero attached hydrogens (tertiary/aromatic N) is 5. The molecule has 0 unspecified atom stereocenters. The number of thioether (sulfide) groups is 1. The topological polar surface area (TPSA) is 69.6 Å². The van der Waals surface area contributed by atoms with Crippen molar-refractivity contribution in [2.24, 2.45) is 0 Å². The van der Waals surface area contributed by atoms with Crippen molar-refractivity contribution in [1.29, 1.82) is 0 Å². The Morgan fingerprint density at radius 3 is 2.72 bits per heavy atom. The lowest BCUT2D eigenvalue weighted by molar-refractivity contribution is 0.376. The third-order valence-corrected chi connectivity index (χ3v) is 3.81. The zero-order valence-electron chi connectivity index (χ0n) is 11.0. The fraction of sp³-hybridized carbons (Fsp3) is 0.636. The van der Waals surface area contributed by atoms with Crippen LogP contribution in [0.2, 0.25) is 0 Å². The smallest absolute Gasteiger partial charge is 0.239 e. The lowest BCUT2D eigenvalue weighted by Gasteiger charge is -2.07. The van der Waals surface area contributed by atoms with Crippen LogP contribution in [0, 0.1) is 13.8 Å². The first-order chi connectivity index (χ1) is 8.61. The highest BCUT2D eigenvalue weighted by Gasteiger charge is 2.15. The molecule has 2 aromatic rings. The molecule has 0 radical (unpaired) electrons. The molecular weight excluding hydrogens is 250 g/mol. The highest BCUT2D eigenvalue weighted by Crippen LogP contribution is 2.29. The Kier molecular flexibility index (Phi) is 4.00. The van der Waals surface area contributed by atoms with Crippen molar-refractivity contribution in [3.05, 3.63) is 23.4 Å². The Hall–Kier alpha value is -1.37. The second kappa shape index (κ2) is 5.51. The van der Waals surface area contributed by atoms with Crippen LogP contribution in [0.3, 0.4) is 0 Å². The first-order valence-electron chi connectivity index (χ1n) is 5.92. The maximum atomic E-state index is 5.15. The molecule has 2 rings (SSSR count). The van der Waals surface area contributed by atoms with Crippen molar-refractivity contribution in [3.8, 4) is 0 Å². The Morgan fingerprint density at radius 2 is 2.11 bits per heavy atom. The number of hydrogen-bond acceptors (Lipinski definition) is 6. The first kappa shape index (κ1) is 13.1. The second-order valence-electron chi connectivity index (χ2n) is 4.04. The third kappa shape index (κ3) is 2.72. The summed E-state index contributed by atoms with van der Waals surface area (Å²) in [5, 5.41) is 12.2. The lowest BCUT2D eigenvalue weighted by Crippen LogP contribution is -2.03.